The van der Waals surface area contributed by atoms with Crippen LogP contribution in [0.25, 0.3) is 0 Å². The van der Waals surface area contributed by atoms with Crippen LogP contribution in [0, 0.1) is 0 Å². The zero-order valence-electron chi connectivity index (χ0n) is 11.3. The minimum absolute atomic E-state index is 0.0311. The molecule has 3 nitrogen and oxygen atoms in total. The molecule has 0 saturated carbocycles. The maximum atomic E-state index is 11.9. The van der Waals surface area contributed by atoms with Gasteiger partial charge < -0.3 is 10.1 Å². The Labute approximate surface area is 126 Å². The van der Waals surface area contributed by atoms with Gasteiger partial charge in [-0.15, -0.1) is 11.8 Å². The number of nitrogens with one attached hydrogen (secondary N) is 1. The van der Waals surface area contributed by atoms with Crippen LogP contribution < -0.4 is 5.32 Å². The lowest BCUT2D eigenvalue weighted by atomic mass is 10.0. The summed E-state index contributed by atoms with van der Waals surface area (Å²) in [5, 5.41) is 2.96. The van der Waals surface area contributed by atoms with Crippen molar-refractivity contribution in [3.8, 4) is 0 Å². The maximum Gasteiger partial charge on any atom is 0.408 e. The summed E-state index contributed by atoms with van der Waals surface area (Å²) in [6.07, 6.45) is 0.572. The number of benzene rings is 1. The summed E-state index contributed by atoms with van der Waals surface area (Å²) in [5.74, 6) is 1.01. The minimum atomic E-state index is -0.465. The van der Waals surface area contributed by atoms with Gasteiger partial charge in [-0.3, -0.25) is 0 Å². The van der Waals surface area contributed by atoms with Crippen LogP contribution in [0.3, 0.4) is 0 Å². The van der Waals surface area contributed by atoms with Gasteiger partial charge in [0, 0.05) is 15.1 Å². The highest BCUT2D eigenvalue weighted by molar-refractivity contribution is 9.10. The Morgan fingerprint density at radius 2 is 2.21 bits per heavy atom. The Morgan fingerprint density at radius 1 is 1.47 bits per heavy atom. The van der Waals surface area contributed by atoms with Crippen LogP contribution in [-0.4, -0.2) is 17.4 Å². The standard InChI is InChI=1S/C14H18BrNO2S/c1-14(2,3)18-13(17)16-11-6-7-19-12-5-4-9(15)8-10(11)12/h4-5,8,11H,6-7H2,1-3H3,(H,16,17). The number of fused-ring (bicyclic) bond motifs is 1. The van der Waals surface area contributed by atoms with Crippen LogP contribution in [0.4, 0.5) is 4.79 Å². The molecule has 1 unspecified atom stereocenters. The number of alkyl carbamates (subject to hydrolysis) is 1. The van der Waals surface area contributed by atoms with E-state index in [4.69, 9.17) is 4.74 Å². The fourth-order valence-corrected chi connectivity index (χ4v) is 3.45. The Morgan fingerprint density at radius 3 is 2.89 bits per heavy atom. The molecule has 2 rings (SSSR count). The van der Waals surface area contributed by atoms with Gasteiger partial charge in [-0.05, 0) is 51.0 Å². The van der Waals surface area contributed by atoms with Gasteiger partial charge in [-0.25, -0.2) is 4.79 Å². The fourth-order valence-electron chi connectivity index (χ4n) is 1.97. The van der Waals surface area contributed by atoms with Crippen molar-refractivity contribution in [1.29, 1.82) is 0 Å². The van der Waals surface area contributed by atoms with Crippen molar-refractivity contribution in [3.05, 3.63) is 28.2 Å². The van der Waals surface area contributed by atoms with Gasteiger partial charge in [-0.2, -0.15) is 0 Å². The highest BCUT2D eigenvalue weighted by Gasteiger charge is 2.25. The number of carbonyl (C=O) groups excluding carboxylic acids is 1. The highest BCUT2D eigenvalue weighted by Crippen LogP contribution is 2.37. The molecular weight excluding hydrogens is 326 g/mol. The average Bonchev–Trinajstić information content (AvgIpc) is 2.27. The number of carbonyl (C=O) groups is 1. The molecule has 0 spiro atoms. The van der Waals surface area contributed by atoms with E-state index in [1.807, 2.05) is 38.6 Å². The number of rotatable bonds is 1. The molecule has 1 atom stereocenters. The molecule has 0 bridgehead atoms. The van der Waals surface area contributed by atoms with E-state index in [1.165, 1.54) is 4.90 Å². The van der Waals surface area contributed by atoms with E-state index in [0.717, 1.165) is 22.2 Å². The fraction of sp³-hybridized carbons (Fsp3) is 0.500. The zero-order chi connectivity index (χ0) is 14.0. The summed E-state index contributed by atoms with van der Waals surface area (Å²) in [6, 6.07) is 6.22. The van der Waals surface area contributed by atoms with Crippen molar-refractivity contribution in [2.24, 2.45) is 0 Å². The lowest BCUT2D eigenvalue weighted by Crippen LogP contribution is -2.36. The lowest BCUT2D eigenvalue weighted by molar-refractivity contribution is 0.0501. The summed E-state index contributed by atoms with van der Waals surface area (Å²) in [4.78, 5) is 13.1. The predicted molar refractivity (Wildman–Crippen MR) is 81.6 cm³/mol. The van der Waals surface area contributed by atoms with Gasteiger partial charge in [0.05, 0.1) is 6.04 Å². The van der Waals surface area contributed by atoms with E-state index < -0.39 is 5.60 Å². The summed E-state index contributed by atoms with van der Waals surface area (Å²) >= 11 is 5.31. The van der Waals surface area contributed by atoms with Crippen molar-refractivity contribution < 1.29 is 9.53 Å². The number of hydrogen-bond donors (Lipinski definition) is 1. The molecule has 0 aliphatic carbocycles. The molecule has 19 heavy (non-hydrogen) atoms. The Bertz CT molecular complexity index is 485. The molecule has 1 aliphatic heterocycles. The maximum absolute atomic E-state index is 11.9. The lowest BCUT2D eigenvalue weighted by Gasteiger charge is -2.28. The van der Waals surface area contributed by atoms with Gasteiger partial charge in [0.1, 0.15) is 5.60 Å². The second-order valence-corrected chi connectivity index (χ2v) is 7.57. The van der Waals surface area contributed by atoms with Crippen LogP contribution in [0.1, 0.15) is 38.8 Å². The largest absolute Gasteiger partial charge is 0.444 e. The summed E-state index contributed by atoms with van der Waals surface area (Å²) < 4.78 is 6.35. The Balaban J connectivity index is 2.11. The molecule has 1 aromatic rings. The average molecular weight is 344 g/mol. The third-order valence-electron chi connectivity index (χ3n) is 2.70. The van der Waals surface area contributed by atoms with Crippen LogP contribution in [0.5, 0.6) is 0 Å². The molecule has 0 saturated heterocycles. The Hall–Kier alpha value is -0.680. The normalized spacial score (nSPS) is 18.6. The zero-order valence-corrected chi connectivity index (χ0v) is 13.7. The van der Waals surface area contributed by atoms with Gasteiger partial charge in [0.25, 0.3) is 0 Å². The molecule has 0 fully saturated rings. The topological polar surface area (TPSA) is 38.3 Å². The second-order valence-electron chi connectivity index (χ2n) is 5.52. The number of thioether (sulfide) groups is 1. The number of amides is 1. The van der Waals surface area contributed by atoms with Crippen LogP contribution in [0.2, 0.25) is 0 Å². The Kier molecular flexibility index (Phi) is 4.46. The van der Waals surface area contributed by atoms with Gasteiger partial charge >= 0.3 is 6.09 Å². The molecule has 5 heteroatoms. The molecular formula is C14H18BrNO2S. The molecule has 1 amide bonds. The van der Waals surface area contributed by atoms with Crippen LogP contribution in [-0.2, 0) is 4.74 Å². The molecule has 1 heterocycles. The van der Waals surface area contributed by atoms with Crippen molar-refractivity contribution >= 4 is 33.8 Å². The molecule has 1 aromatic carbocycles. The molecule has 104 valence electrons. The predicted octanol–water partition coefficient (Wildman–Crippen LogP) is 4.51. The summed E-state index contributed by atoms with van der Waals surface area (Å²) in [5.41, 5.74) is 0.699. The van der Waals surface area contributed by atoms with E-state index >= 15 is 0 Å². The first-order valence-electron chi connectivity index (χ1n) is 6.27. The first-order chi connectivity index (χ1) is 8.85. The smallest absolute Gasteiger partial charge is 0.408 e. The number of halogens is 1. The first-order valence-corrected chi connectivity index (χ1v) is 8.05. The van der Waals surface area contributed by atoms with Crippen molar-refractivity contribution in [1.82, 2.24) is 5.32 Å². The monoisotopic (exact) mass is 343 g/mol. The van der Waals surface area contributed by atoms with Gasteiger partial charge in [0.2, 0.25) is 0 Å². The van der Waals surface area contributed by atoms with Crippen molar-refractivity contribution in [2.45, 2.75) is 43.7 Å². The van der Waals surface area contributed by atoms with Crippen LogP contribution in [0.15, 0.2) is 27.6 Å². The number of ether oxygens (including phenoxy) is 1. The third kappa shape index (κ3) is 4.14. The third-order valence-corrected chi connectivity index (χ3v) is 4.32. The molecule has 0 aromatic heterocycles. The highest BCUT2D eigenvalue weighted by atomic mass is 79.9. The van der Waals surface area contributed by atoms with E-state index in [1.54, 1.807) is 0 Å². The van der Waals surface area contributed by atoms with Crippen molar-refractivity contribution in [2.75, 3.05) is 5.75 Å². The van der Waals surface area contributed by atoms with Crippen LogP contribution >= 0.6 is 27.7 Å². The second kappa shape index (κ2) is 5.75. The quantitative estimate of drug-likeness (QED) is 0.815. The molecule has 1 aliphatic rings. The van der Waals surface area contributed by atoms with Crippen molar-refractivity contribution in [3.63, 3.8) is 0 Å². The van der Waals surface area contributed by atoms with Gasteiger partial charge in [-0.1, -0.05) is 15.9 Å². The van der Waals surface area contributed by atoms with E-state index in [0.29, 0.717) is 0 Å². The minimum Gasteiger partial charge on any atom is -0.444 e. The SMILES string of the molecule is CC(C)(C)OC(=O)NC1CCSc2ccc(Br)cc21. The molecule has 0 radical (unpaired) electrons. The van der Waals surface area contributed by atoms with Gasteiger partial charge in [0.15, 0.2) is 0 Å². The first kappa shape index (κ1) is 14.7. The molecule has 1 N–H and O–H groups in total. The van der Waals surface area contributed by atoms with E-state index in [-0.39, 0.29) is 12.1 Å². The summed E-state index contributed by atoms with van der Waals surface area (Å²) in [6.45, 7) is 5.61. The number of hydrogen-bond acceptors (Lipinski definition) is 3. The van der Waals surface area contributed by atoms with E-state index in [2.05, 4.69) is 33.4 Å². The van der Waals surface area contributed by atoms with E-state index in [9.17, 15) is 4.79 Å². The summed E-state index contributed by atoms with van der Waals surface area (Å²) in [7, 11) is 0.